The van der Waals surface area contributed by atoms with Gasteiger partial charge in [0.1, 0.15) is 22.9 Å². The highest BCUT2D eigenvalue weighted by Gasteiger charge is 2.13. The van der Waals surface area contributed by atoms with Gasteiger partial charge in [0.15, 0.2) is 0 Å². The number of hydrogen-bond donors (Lipinski definition) is 2. The van der Waals surface area contributed by atoms with Crippen molar-refractivity contribution >= 4 is 23.0 Å². The molecule has 0 spiro atoms. The SMILES string of the molecule is COc1ccc(OC)c(Nc2ccnc(C(=O)Nc3cc(C)ccc3OC)c2)c1. The minimum atomic E-state index is -0.338. The molecule has 0 saturated heterocycles. The number of aryl methyl sites for hydroxylation is 1. The first kappa shape index (κ1) is 20.0. The largest absolute Gasteiger partial charge is 0.497 e. The number of hydrogen-bond acceptors (Lipinski definition) is 6. The summed E-state index contributed by atoms with van der Waals surface area (Å²) in [6.07, 6.45) is 1.57. The van der Waals surface area contributed by atoms with E-state index in [1.54, 1.807) is 45.7 Å². The van der Waals surface area contributed by atoms with Crippen LogP contribution in [0.15, 0.2) is 54.7 Å². The van der Waals surface area contributed by atoms with Crippen molar-refractivity contribution in [2.45, 2.75) is 6.92 Å². The predicted octanol–water partition coefficient (Wildman–Crippen LogP) is 4.41. The zero-order valence-corrected chi connectivity index (χ0v) is 16.8. The summed E-state index contributed by atoms with van der Waals surface area (Å²) in [5.41, 5.74) is 3.26. The molecule has 0 aliphatic heterocycles. The summed E-state index contributed by atoms with van der Waals surface area (Å²) in [5.74, 6) is 1.58. The summed E-state index contributed by atoms with van der Waals surface area (Å²) in [5, 5.41) is 6.09. The third-order valence-corrected chi connectivity index (χ3v) is 4.28. The van der Waals surface area contributed by atoms with E-state index in [1.807, 2.05) is 37.3 Å². The van der Waals surface area contributed by atoms with Gasteiger partial charge in [-0.05, 0) is 48.9 Å². The number of pyridine rings is 1. The molecule has 0 aliphatic carbocycles. The van der Waals surface area contributed by atoms with Crippen LogP contribution in [-0.2, 0) is 0 Å². The molecule has 150 valence electrons. The predicted molar refractivity (Wildman–Crippen MR) is 113 cm³/mol. The van der Waals surface area contributed by atoms with Crippen LogP contribution in [0.25, 0.3) is 0 Å². The van der Waals surface area contributed by atoms with E-state index >= 15 is 0 Å². The number of benzene rings is 2. The van der Waals surface area contributed by atoms with E-state index in [4.69, 9.17) is 14.2 Å². The molecular formula is C22H23N3O4. The van der Waals surface area contributed by atoms with E-state index in [0.29, 0.717) is 34.3 Å². The maximum Gasteiger partial charge on any atom is 0.274 e. The fraction of sp³-hybridized carbons (Fsp3) is 0.182. The molecule has 1 heterocycles. The maximum atomic E-state index is 12.7. The number of rotatable bonds is 7. The molecule has 2 N–H and O–H groups in total. The highest BCUT2D eigenvalue weighted by molar-refractivity contribution is 6.04. The van der Waals surface area contributed by atoms with E-state index in [-0.39, 0.29) is 11.6 Å². The molecule has 0 unspecified atom stereocenters. The number of carbonyl (C=O) groups excluding carboxylic acids is 1. The van der Waals surface area contributed by atoms with Crippen molar-refractivity contribution < 1.29 is 19.0 Å². The smallest absolute Gasteiger partial charge is 0.274 e. The molecular weight excluding hydrogens is 370 g/mol. The molecule has 29 heavy (non-hydrogen) atoms. The van der Waals surface area contributed by atoms with Gasteiger partial charge in [-0.3, -0.25) is 9.78 Å². The second-order valence-corrected chi connectivity index (χ2v) is 6.28. The van der Waals surface area contributed by atoms with Crippen molar-refractivity contribution in [3.05, 3.63) is 66.0 Å². The Morgan fingerprint density at radius 1 is 0.862 bits per heavy atom. The van der Waals surface area contributed by atoms with E-state index in [2.05, 4.69) is 15.6 Å². The van der Waals surface area contributed by atoms with E-state index in [0.717, 1.165) is 5.56 Å². The van der Waals surface area contributed by atoms with Crippen LogP contribution in [0.1, 0.15) is 16.1 Å². The summed E-state index contributed by atoms with van der Waals surface area (Å²) in [7, 11) is 4.75. The van der Waals surface area contributed by atoms with Gasteiger partial charge >= 0.3 is 0 Å². The van der Waals surface area contributed by atoms with Crippen LogP contribution in [0.2, 0.25) is 0 Å². The second-order valence-electron chi connectivity index (χ2n) is 6.28. The second kappa shape index (κ2) is 8.97. The normalized spacial score (nSPS) is 10.2. The highest BCUT2D eigenvalue weighted by atomic mass is 16.5. The van der Waals surface area contributed by atoms with Crippen molar-refractivity contribution in [3.8, 4) is 17.2 Å². The molecule has 0 radical (unpaired) electrons. The molecule has 0 atom stereocenters. The molecule has 0 bridgehead atoms. The number of methoxy groups -OCH3 is 3. The standard InChI is InChI=1S/C22H23N3O4/c1-14-5-7-20(28-3)17(11-14)25-22(26)19-12-15(9-10-23-19)24-18-13-16(27-2)6-8-21(18)29-4/h5-13H,1-4H3,(H,23,24)(H,25,26). The van der Waals surface area contributed by atoms with Gasteiger partial charge in [-0.15, -0.1) is 0 Å². The van der Waals surface area contributed by atoms with Gasteiger partial charge < -0.3 is 24.8 Å². The van der Waals surface area contributed by atoms with Crippen LogP contribution in [0, 0.1) is 6.92 Å². The molecule has 0 saturated carbocycles. The number of amides is 1. The molecule has 7 nitrogen and oxygen atoms in total. The molecule has 1 amide bonds. The maximum absolute atomic E-state index is 12.7. The van der Waals surface area contributed by atoms with Gasteiger partial charge in [-0.25, -0.2) is 0 Å². The zero-order chi connectivity index (χ0) is 20.8. The lowest BCUT2D eigenvalue weighted by molar-refractivity contribution is 0.102. The lowest BCUT2D eigenvalue weighted by Gasteiger charge is -2.14. The van der Waals surface area contributed by atoms with Gasteiger partial charge in [-0.1, -0.05) is 6.07 Å². The average molecular weight is 393 g/mol. The minimum Gasteiger partial charge on any atom is -0.497 e. The first-order valence-corrected chi connectivity index (χ1v) is 8.95. The average Bonchev–Trinajstić information content (AvgIpc) is 2.74. The van der Waals surface area contributed by atoms with Gasteiger partial charge in [0.25, 0.3) is 5.91 Å². The van der Waals surface area contributed by atoms with Crippen LogP contribution in [0.5, 0.6) is 17.2 Å². The number of nitrogens with one attached hydrogen (secondary N) is 2. The Kier molecular flexibility index (Phi) is 6.19. The third-order valence-electron chi connectivity index (χ3n) is 4.28. The summed E-state index contributed by atoms with van der Waals surface area (Å²) in [4.78, 5) is 16.9. The number of ether oxygens (including phenoxy) is 3. The Hall–Kier alpha value is -3.74. The van der Waals surface area contributed by atoms with Crippen LogP contribution >= 0.6 is 0 Å². The number of nitrogens with zero attached hydrogens (tertiary/aromatic N) is 1. The van der Waals surface area contributed by atoms with Crippen LogP contribution < -0.4 is 24.8 Å². The van der Waals surface area contributed by atoms with Crippen LogP contribution in [0.4, 0.5) is 17.1 Å². The molecule has 0 aliphatic rings. The molecule has 2 aromatic carbocycles. The summed E-state index contributed by atoms with van der Waals surface area (Å²) in [6.45, 7) is 1.94. The Morgan fingerprint density at radius 3 is 2.31 bits per heavy atom. The minimum absolute atomic E-state index is 0.264. The van der Waals surface area contributed by atoms with Crippen molar-refractivity contribution in [1.29, 1.82) is 0 Å². The molecule has 3 rings (SSSR count). The van der Waals surface area contributed by atoms with Crippen molar-refractivity contribution in [2.75, 3.05) is 32.0 Å². The van der Waals surface area contributed by atoms with Crippen LogP contribution in [-0.4, -0.2) is 32.2 Å². The van der Waals surface area contributed by atoms with Crippen molar-refractivity contribution in [1.82, 2.24) is 4.98 Å². The molecule has 0 fully saturated rings. The zero-order valence-electron chi connectivity index (χ0n) is 16.8. The third kappa shape index (κ3) is 4.76. The van der Waals surface area contributed by atoms with Gasteiger partial charge in [-0.2, -0.15) is 0 Å². The Morgan fingerprint density at radius 2 is 1.59 bits per heavy atom. The fourth-order valence-electron chi connectivity index (χ4n) is 2.81. The van der Waals surface area contributed by atoms with Crippen LogP contribution in [0.3, 0.4) is 0 Å². The highest BCUT2D eigenvalue weighted by Crippen LogP contribution is 2.31. The lowest BCUT2D eigenvalue weighted by Crippen LogP contribution is -2.14. The Bertz CT molecular complexity index is 1020. The van der Waals surface area contributed by atoms with Gasteiger partial charge in [0, 0.05) is 18.0 Å². The molecule has 7 heteroatoms. The summed E-state index contributed by atoms with van der Waals surface area (Å²) >= 11 is 0. The Balaban J connectivity index is 1.83. The Labute approximate surface area is 169 Å². The van der Waals surface area contributed by atoms with Crippen molar-refractivity contribution in [3.63, 3.8) is 0 Å². The fourth-order valence-corrected chi connectivity index (χ4v) is 2.81. The molecule has 3 aromatic rings. The van der Waals surface area contributed by atoms with E-state index < -0.39 is 0 Å². The first-order chi connectivity index (χ1) is 14.0. The van der Waals surface area contributed by atoms with Crippen molar-refractivity contribution in [2.24, 2.45) is 0 Å². The van der Waals surface area contributed by atoms with Gasteiger partial charge in [0.05, 0.1) is 32.7 Å². The van der Waals surface area contributed by atoms with Gasteiger partial charge in [0.2, 0.25) is 0 Å². The first-order valence-electron chi connectivity index (χ1n) is 8.95. The summed E-state index contributed by atoms with van der Waals surface area (Å²) < 4.78 is 16.0. The number of aromatic nitrogens is 1. The monoisotopic (exact) mass is 393 g/mol. The molecule has 1 aromatic heterocycles. The number of carbonyl (C=O) groups is 1. The number of anilines is 3. The lowest BCUT2D eigenvalue weighted by atomic mass is 10.2. The van der Waals surface area contributed by atoms with E-state index in [9.17, 15) is 4.79 Å². The quantitative estimate of drug-likeness (QED) is 0.619. The topological polar surface area (TPSA) is 81.7 Å². The summed E-state index contributed by atoms with van der Waals surface area (Å²) in [6, 6.07) is 14.4. The van der Waals surface area contributed by atoms with E-state index in [1.165, 1.54) is 0 Å².